The van der Waals surface area contributed by atoms with Crippen molar-refractivity contribution >= 4 is 14.0 Å². The summed E-state index contributed by atoms with van der Waals surface area (Å²) >= 11 is 0. The van der Waals surface area contributed by atoms with Gasteiger partial charge in [0.1, 0.15) is 0 Å². The smallest absolute Gasteiger partial charge is 0.221 e. The fraction of sp³-hybridized carbons (Fsp3) is 0.700. The number of carbonyl (C=O) groups excluding carboxylic acids is 1. The highest BCUT2D eigenvalue weighted by Gasteiger charge is 2.45. The SMILES string of the molecule is C=C[Si](C)(C)C1CC(C)(C)NC1=O. The highest BCUT2D eigenvalue weighted by molar-refractivity contribution is 6.86. The molecule has 0 aromatic carbocycles. The molecule has 1 amide bonds. The van der Waals surface area contributed by atoms with Gasteiger partial charge in [0.05, 0.1) is 8.07 Å². The molecule has 0 saturated carbocycles. The zero-order chi connectivity index (χ0) is 10.3. The van der Waals surface area contributed by atoms with Gasteiger partial charge in [0.15, 0.2) is 0 Å². The second kappa shape index (κ2) is 2.98. The first kappa shape index (κ1) is 10.5. The number of hydrogen-bond donors (Lipinski definition) is 1. The molecule has 1 heterocycles. The van der Waals surface area contributed by atoms with E-state index in [0.717, 1.165) is 6.42 Å². The summed E-state index contributed by atoms with van der Waals surface area (Å²) in [6.07, 6.45) is 0.955. The van der Waals surface area contributed by atoms with E-state index in [-0.39, 0.29) is 17.0 Å². The molecule has 0 spiro atoms. The van der Waals surface area contributed by atoms with Gasteiger partial charge >= 0.3 is 0 Å². The van der Waals surface area contributed by atoms with Crippen LogP contribution in [0, 0.1) is 0 Å². The minimum absolute atomic E-state index is 0.0188. The Bertz CT molecular complexity index is 245. The summed E-state index contributed by atoms with van der Waals surface area (Å²) in [7, 11) is -1.54. The monoisotopic (exact) mass is 197 g/mol. The maximum absolute atomic E-state index is 11.7. The number of nitrogens with one attached hydrogen (secondary N) is 1. The lowest BCUT2D eigenvalue weighted by Crippen LogP contribution is -2.36. The van der Waals surface area contributed by atoms with Crippen molar-refractivity contribution in [2.75, 3.05) is 0 Å². The van der Waals surface area contributed by atoms with Crippen LogP contribution in [0.1, 0.15) is 20.3 Å². The first-order valence-corrected chi connectivity index (χ1v) is 7.89. The van der Waals surface area contributed by atoms with Crippen LogP contribution in [0.3, 0.4) is 0 Å². The van der Waals surface area contributed by atoms with Gasteiger partial charge in [0.25, 0.3) is 0 Å². The molecule has 1 fully saturated rings. The van der Waals surface area contributed by atoms with Crippen LogP contribution in [0.4, 0.5) is 0 Å². The predicted octanol–water partition coefficient (Wildman–Crippen LogP) is 2.09. The summed E-state index contributed by atoms with van der Waals surface area (Å²) in [4.78, 5) is 11.7. The van der Waals surface area contributed by atoms with Crippen LogP contribution in [0.15, 0.2) is 12.3 Å². The first-order chi connectivity index (χ1) is 5.78. The molecule has 1 aliphatic rings. The number of rotatable bonds is 2. The molecule has 1 atom stereocenters. The van der Waals surface area contributed by atoms with Gasteiger partial charge < -0.3 is 5.32 Å². The maximum atomic E-state index is 11.7. The molecule has 0 aromatic heterocycles. The van der Waals surface area contributed by atoms with Crippen LogP contribution in [0.25, 0.3) is 0 Å². The predicted molar refractivity (Wildman–Crippen MR) is 58.3 cm³/mol. The Morgan fingerprint density at radius 3 is 2.46 bits per heavy atom. The van der Waals surface area contributed by atoms with Crippen LogP contribution in [-0.2, 0) is 4.79 Å². The second-order valence-corrected chi connectivity index (χ2v) is 9.90. The van der Waals surface area contributed by atoms with E-state index in [1.165, 1.54) is 0 Å². The molecule has 3 heteroatoms. The normalized spacial score (nSPS) is 27.1. The number of amides is 1. The third kappa shape index (κ3) is 2.02. The van der Waals surface area contributed by atoms with Gasteiger partial charge in [-0.15, -0.1) is 12.3 Å². The molecular weight excluding hydrogens is 178 g/mol. The Hall–Kier alpha value is -0.573. The van der Waals surface area contributed by atoms with Gasteiger partial charge in [0.2, 0.25) is 5.91 Å². The van der Waals surface area contributed by atoms with Gasteiger partial charge in [-0.2, -0.15) is 0 Å². The lowest BCUT2D eigenvalue weighted by atomic mass is 10.0. The molecule has 0 aliphatic carbocycles. The zero-order valence-electron chi connectivity index (χ0n) is 8.98. The molecule has 13 heavy (non-hydrogen) atoms. The van der Waals surface area contributed by atoms with Crippen LogP contribution in [0.5, 0.6) is 0 Å². The van der Waals surface area contributed by atoms with Gasteiger partial charge in [-0.3, -0.25) is 4.79 Å². The van der Waals surface area contributed by atoms with E-state index in [0.29, 0.717) is 0 Å². The molecule has 1 unspecified atom stereocenters. The summed E-state index contributed by atoms with van der Waals surface area (Å²) in [5, 5.41) is 3.03. The van der Waals surface area contributed by atoms with Crippen molar-refractivity contribution in [2.45, 2.75) is 44.4 Å². The van der Waals surface area contributed by atoms with Gasteiger partial charge in [-0.05, 0) is 20.3 Å². The van der Waals surface area contributed by atoms with E-state index in [1.54, 1.807) is 0 Å². The van der Waals surface area contributed by atoms with Crippen molar-refractivity contribution in [1.29, 1.82) is 0 Å². The Morgan fingerprint density at radius 1 is 1.62 bits per heavy atom. The molecule has 0 radical (unpaired) electrons. The number of carbonyl (C=O) groups is 1. The minimum Gasteiger partial charge on any atom is -0.351 e. The van der Waals surface area contributed by atoms with E-state index in [2.05, 4.69) is 38.8 Å². The Kier molecular flexibility index (Phi) is 2.41. The van der Waals surface area contributed by atoms with Crippen molar-refractivity contribution < 1.29 is 4.79 Å². The van der Waals surface area contributed by atoms with E-state index in [1.807, 2.05) is 5.70 Å². The van der Waals surface area contributed by atoms with E-state index < -0.39 is 8.07 Å². The average molecular weight is 197 g/mol. The standard InChI is InChI=1S/C10H19NOSi/c1-6-13(4,5)8-7-10(2,3)11-9(8)12/h6,8H,1,7H2,2-5H3,(H,11,12). The third-order valence-corrected chi connectivity index (χ3v) is 6.23. The van der Waals surface area contributed by atoms with E-state index in [9.17, 15) is 4.79 Å². The Labute approximate surface area is 81.4 Å². The Morgan fingerprint density at radius 2 is 2.15 bits per heavy atom. The molecule has 2 nitrogen and oxygen atoms in total. The molecule has 0 aromatic rings. The fourth-order valence-electron chi connectivity index (χ4n) is 1.82. The van der Waals surface area contributed by atoms with Gasteiger partial charge in [0, 0.05) is 11.1 Å². The van der Waals surface area contributed by atoms with Crippen molar-refractivity contribution in [2.24, 2.45) is 0 Å². The number of hydrogen-bond acceptors (Lipinski definition) is 1. The lowest BCUT2D eigenvalue weighted by Gasteiger charge is -2.24. The maximum Gasteiger partial charge on any atom is 0.221 e. The minimum atomic E-state index is -1.54. The topological polar surface area (TPSA) is 29.1 Å². The Balaban J connectivity index is 2.85. The van der Waals surface area contributed by atoms with Crippen LogP contribution in [-0.4, -0.2) is 19.5 Å². The van der Waals surface area contributed by atoms with Crippen molar-refractivity contribution in [3.63, 3.8) is 0 Å². The summed E-state index contributed by atoms with van der Waals surface area (Å²) < 4.78 is 0. The lowest BCUT2D eigenvalue weighted by molar-refractivity contribution is -0.119. The molecule has 1 saturated heterocycles. The largest absolute Gasteiger partial charge is 0.351 e. The zero-order valence-corrected chi connectivity index (χ0v) is 9.98. The quantitative estimate of drug-likeness (QED) is 0.675. The summed E-state index contributed by atoms with van der Waals surface area (Å²) in [6.45, 7) is 12.4. The second-order valence-electron chi connectivity index (χ2n) is 5.16. The van der Waals surface area contributed by atoms with Crippen LogP contribution >= 0.6 is 0 Å². The first-order valence-electron chi connectivity index (χ1n) is 4.74. The molecule has 1 aliphatic heterocycles. The van der Waals surface area contributed by atoms with Gasteiger partial charge in [-0.25, -0.2) is 0 Å². The van der Waals surface area contributed by atoms with Crippen LogP contribution < -0.4 is 5.32 Å². The van der Waals surface area contributed by atoms with E-state index >= 15 is 0 Å². The molecular formula is C10H19NOSi. The molecule has 0 bridgehead atoms. The van der Waals surface area contributed by atoms with Gasteiger partial charge in [-0.1, -0.05) is 13.1 Å². The van der Waals surface area contributed by atoms with Crippen molar-refractivity contribution in [3.8, 4) is 0 Å². The molecule has 1 N–H and O–H groups in total. The highest BCUT2D eigenvalue weighted by Crippen LogP contribution is 2.36. The summed E-state index contributed by atoms with van der Waals surface area (Å²) in [5.74, 6) is 0.224. The summed E-state index contributed by atoms with van der Waals surface area (Å²) in [6, 6.07) is 0. The van der Waals surface area contributed by atoms with Crippen molar-refractivity contribution in [1.82, 2.24) is 5.32 Å². The third-order valence-electron chi connectivity index (χ3n) is 2.92. The molecule has 74 valence electrons. The average Bonchev–Trinajstić information content (AvgIpc) is 2.25. The van der Waals surface area contributed by atoms with Crippen molar-refractivity contribution in [3.05, 3.63) is 12.3 Å². The van der Waals surface area contributed by atoms with E-state index in [4.69, 9.17) is 0 Å². The molecule has 1 rings (SSSR count). The summed E-state index contributed by atoms with van der Waals surface area (Å²) in [5.41, 5.74) is 2.20. The highest BCUT2D eigenvalue weighted by atomic mass is 28.3. The fourth-order valence-corrected chi connectivity index (χ4v) is 3.89. The van der Waals surface area contributed by atoms with Crippen LogP contribution in [0.2, 0.25) is 18.6 Å².